The number of thiophene rings is 1. The van der Waals surface area contributed by atoms with E-state index in [0.717, 1.165) is 25.6 Å². The van der Waals surface area contributed by atoms with Gasteiger partial charge in [-0.05, 0) is 58.2 Å². The third-order valence-electron chi connectivity index (χ3n) is 3.09. The largest absolute Gasteiger partial charge is 0.396 e. The predicted octanol–water partition coefficient (Wildman–Crippen LogP) is 4.25. The van der Waals surface area contributed by atoms with Crippen LogP contribution < -0.4 is 5.32 Å². The molecule has 4 nitrogen and oxygen atoms in total. The molecule has 0 bridgehead atoms. The van der Waals surface area contributed by atoms with E-state index < -0.39 is 0 Å². The van der Waals surface area contributed by atoms with Crippen LogP contribution in [0.5, 0.6) is 0 Å². The summed E-state index contributed by atoms with van der Waals surface area (Å²) in [5.74, 6) is 0.567. The molecule has 22 heavy (non-hydrogen) atoms. The van der Waals surface area contributed by atoms with Crippen LogP contribution in [0.4, 0.5) is 11.6 Å². The Morgan fingerprint density at radius 1 is 1.09 bits per heavy atom. The number of aliphatic hydroxyl groups is 1. The van der Waals surface area contributed by atoms with Crippen LogP contribution in [-0.2, 0) is 6.42 Å². The van der Waals surface area contributed by atoms with E-state index in [2.05, 4.69) is 31.2 Å². The summed E-state index contributed by atoms with van der Waals surface area (Å²) in [5.41, 5.74) is 2.92. The van der Waals surface area contributed by atoms with Gasteiger partial charge in [0.05, 0.1) is 14.4 Å². The zero-order valence-electron chi connectivity index (χ0n) is 11.7. The van der Waals surface area contributed by atoms with Gasteiger partial charge in [0, 0.05) is 18.5 Å². The molecule has 112 valence electrons. The van der Waals surface area contributed by atoms with Crippen molar-refractivity contribution in [1.29, 1.82) is 0 Å². The Balaban J connectivity index is 1.77. The molecule has 0 unspecified atom stereocenters. The maximum absolute atomic E-state index is 8.93. The van der Waals surface area contributed by atoms with Gasteiger partial charge in [-0.3, -0.25) is 0 Å². The zero-order valence-corrected chi connectivity index (χ0v) is 14.1. The molecule has 0 aliphatic rings. The summed E-state index contributed by atoms with van der Waals surface area (Å²) >= 11 is 5.10. The van der Waals surface area contributed by atoms with Crippen LogP contribution in [0.1, 0.15) is 5.56 Å². The first kappa shape index (κ1) is 15.1. The summed E-state index contributed by atoms with van der Waals surface area (Å²) in [5, 5.41) is 12.1. The lowest BCUT2D eigenvalue weighted by Gasteiger charge is -2.06. The van der Waals surface area contributed by atoms with Crippen LogP contribution in [0.15, 0.2) is 52.4 Å². The van der Waals surface area contributed by atoms with Gasteiger partial charge in [0.2, 0.25) is 5.95 Å². The number of aromatic nitrogens is 2. The molecule has 2 N–H and O–H groups in total. The number of anilines is 2. The minimum atomic E-state index is 0.161. The standard InChI is InChI=1S/C16H14BrN3OS/c17-15-6-5-14(22-15)13-7-9-18-16(20-13)19-12-3-1-11(2-4-12)8-10-21/h1-7,9,21H,8,10H2,(H,18,19,20). The van der Waals surface area contributed by atoms with Crippen molar-refractivity contribution in [3.63, 3.8) is 0 Å². The highest BCUT2D eigenvalue weighted by atomic mass is 79.9. The van der Waals surface area contributed by atoms with Crippen LogP contribution in [-0.4, -0.2) is 21.7 Å². The van der Waals surface area contributed by atoms with Crippen molar-refractivity contribution in [3.05, 3.63) is 58.0 Å². The predicted molar refractivity (Wildman–Crippen MR) is 93.6 cm³/mol. The summed E-state index contributed by atoms with van der Waals surface area (Å²) in [6.45, 7) is 0.161. The summed E-state index contributed by atoms with van der Waals surface area (Å²) in [6, 6.07) is 13.8. The molecule has 0 amide bonds. The fourth-order valence-electron chi connectivity index (χ4n) is 2.02. The van der Waals surface area contributed by atoms with Crippen LogP contribution >= 0.6 is 27.3 Å². The molecule has 0 saturated heterocycles. The normalized spacial score (nSPS) is 10.6. The molecule has 0 fully saturated rings. The maximum Gasteiger partial charge on any atom is 0.227 e. The second kappa shape index (κ2) is 7.00. The number of halogens is 1. The molecule has 2 heterocycles. The summed E-state index contributed by atoms with van der Waals surface area (Å²) in [6.07, 6.45) is 2.41. The molecular weight excluding hydrogens is 362 g/mol. The smallest absolute Gasteiger partial charge is 0.227 e. The third kappa shape index (κ3) is 3.71. The van der Waals surface area contributed by atoms with E-state index in [-0.39, 0.29) is 6.61 Å². The van der Waals surface area contributed by atoms with E-state index in [0.29, 0.717) is 12.4 Å². The van der Waals surface area contributed by atoms with Gasteiger partial charge in [-0.25, -0.2) is 9.97 Å². The molecule has 3 rings (SSSR count). The summed E-state index contributed by atoms with van der Waals surface area (Å²) in [7, 11) is 0. The number of hydrogen-bond donors (Lipinski definition) is 2. The molecule has 0 spiro atoms. The van der Waals surface area contributed by atoms with Gasteiger partial charge in [-0.2, -0.15) is 0 Å². The van der Waals surface area contributed by atoms with Crippen LogP contribution in [0.3, 0.4) is 0 Å². The number of hydrogen-bond acceptors (Lipinski definition) is 5. The first-order chi connectivity index (χ1) is 10.7. The molecule has 0 atom stereocenters. The quantitative estimate of drug-likeness (QED) is 0.699. The molecule has 2 aromatic heterocycles. The molecule has 3 aromatic rings. The molecule has 1 aromatic carbocycles. The van der Waals surface area contributed by atoms with Crippen molar-refractivity contribution in [2.45, 2.75) is 6.42 Å². The van der Waals surface area contributed by atoms with E-state index in [1.54, 1.807) is 17.5 Å². The van der Waals surface area contributed by atoms with Crippen molar-refractivity contribution in [2.24, 2.45) is 0 Å². The highest BCUT2D eigenvalue weighted by Gasteiger charge is 2.05. The second-order valence-electron chi connectivity index (χ2n) is 4.66. The minimum absolute atomic E-state index is 0.161. The molecular formula is C16H14BrN3OS. The fraction of sp³-hybridized carbons (Fsp3) is 0.125. The summed E-state index contributed by atoms with van der Waals surface area (Å²) in [4.78, 5) is 9.89. The zero-order chi connectivity index (χ0) is 15.4. The highest BCUT2D eigenvalue weighted by molar-refractivity contribution is 9.11. The Bertz CT molecular complexity index is 758. The molecule has 6 heteroatoms. The van der Waals surface area contributed by atoms with Gasteiger partial charge >= 0.3 is 0 Å². The Morgan fingerprint density at radius 3 is 2.59 bits per heavy atom. The lowest BCUT2D eigenvalue weighted by Crippen LogP contribution is -1.98. The van der Waals surface area contributed by atoms with Gasteiger partial charge in [0.15, 0.2) is 0 Å². The third-order valence-corrected chi connectivity index (χ3v) is 4.74. The monoisotopic (exact) mass is 375 g/mol. The van der Waals surface area contributed by atoms with E-state index >= 15 is 0 Å². The number of benzene rings is 1. The van der Waals surface area contributed by atoms with Crippen molar-refractivity contribution in [1.82, 2.24) is 9.97 Å². The van der Waals surface area contributed by atoms with Gasteiger partial charge in [0.25, 0.3) is 0 Å². The lowest BCUT2D eigenvalue weighted by molar-refractivity contribution is 0.299. The van der Waals surface area contributed by atoms with Gasteiger partial charge < -0.3 is 10.4 Å². The van der Waals surface area contributed by atoms with Crippen molar-refractivity contribution >= 4 is 38.9 Å². The van der Waals surface area contributed by atoms with E-state index in [4.69, 9.17) is 5.11 Å². The minimum Gasteiger partial charge on any atom is -0.396 e. The number of rotatable bonds is 5. The van der Waals surface area contributed by atoms with Gasteiger partial charge in [-0.1, -0.05) is 12.1 Å². The Kier molecular flexibility index (Phi) is 4.82. The van der Waals surface area contributed by atoms with Gasteiger partial charge in [-0.15, -0.1) is 11.3 Å². The Hall–Kier alpha value is -1.76. The van der Waals surface area contributed by atoms with Crippen LogP contribution in [0, 0.1) is 0 Å². The highest BCUT2D eigenvalue weighted by Crippen LogP contribution is 2.30. The number of nitrogens with zero attached hydrogens (tertiary/aromatic N) is 2. The summed E-state index contributed by atoms with van der Waals surface area (Å²) < 4.78 is 1.08. The molecule has 0 radical (unpaired) electrons. The Morgan fingerprint density at radius 2 is 1.91 bits per heavy atom. The maximum atomic E-state index is 8.93. The van der Waals surface area contributed by atoms with Crippen molar-refractivity contribution in [2.75, 3.05) is 11.9 Å². The molecule has 0 aliphatic carbocycles. The number of aliphatic hydroxyl groups excluding tert-OH is 1. The SMILES string of the molecule is OCCc1ccc(Nc2nccc(-c3ccc(Br)s3)n2)cc1. The first-order valence-corrected chi connectivity index (χ1v) is 8.41. The van der Waals surface area contributed by atoms with E-state index in [9.17, 15) is 0 Å². The average molecular weight is 376 g/mol. The van der Waals surface area contributed by atoms with E-state index in [1.165, 1.54) is 0 Å². The topological polar surface area (TPSA) is 58.0 Å². The van der Waals surface area contributed by atoms with Crippen molar-refractivity contribution < 1.29 is 5.11 Å². The average Bonchev–Trinajstić information content (AvgIpc) is 2.97. The van der Waals surface area contributed by atoms with Gasteiger partial charge in [0.1, 0.15) is 0 Å². The van der Waals surface area contributed by atoms with Crippen LogP contribution in [0.2, 0.25) is 0 Å². The number of nitrogens with one attached hydrogen (secondary N) is 1. The second-order valence-corrected chi connectivity index (χ2v) is 7.13. The van der Waals surface area contributed by atoms with Crippen molar-refractivity contribution in [3.8, 4) is 10.6 Å². The Labute approximate surface area is 141 Å². The van der Waals surface area contributed by atoms with Crippen LogP contribution in [0.25, 0.3) is 10.6 Å². The molecule has 0 aliphatic heterocycles. The first-order valence-electron chi connectivity index (χ1n) is 6.80. The fourth-order valence-corrected chi connectivity index (χ4v) is 3.38. The molecule has 0 saturated carbocycles. The van der Waals surface area contributed by atoms with E-state index in [1.807, 2.05) is 42.5 Å². The lowest BCUT2D eigenvalue weighted by atomic mass is 10.1.